The SMILES string of the molecule is Nc1nc(Cl)nc2c1ncn2[C@@H]1O[C@H](CO)[C@@H](O)[C@@H]1F.Nc1nc(Cl)nc2c1ncn2[C@@H]1O[C@H](CO)[C@@H](O)[C@@H]1F.Nc1nc(Cl)nc2c1ncn2[C@@H]1O[C@H](CO)[C@@H](O)[C@@H]1F. The van der Waals surface area contributed by atoms with Crippen molar-refractivity contribution >= 4 is 85.7 Å². The molecule has 9 heterocycles. The molecular formula is C30H33Cl3F3N15O9. The summed E-state index contributed by atoms with van der Waals surface area (Å²) in [6, 6.07) is 0. The Bertz CT molecular complexity index is 2230. The average molecular weight is 911 g/mol. The van der Waals surface area contributed by atoms with Gasteiger partial charge in [-0.25, -0.2) is 28.1 Å². The van der Waals surface area contributed by atoms with E-state index in [4.69, 9.17) is 81.5 Å². The molecule has 0 unspecified atom stereocenters. The first-order valence-corrected chi connectivity index (χ1v) is 18.4. The first-order chi connectivity index (χ1) is 28.6. The van der Waals surface area contributed by atoms with Crippen molar-refractivity contribution < 1.29 is 58.0 Å². The lowest BCUT2D eigenvalue weighted by molar-refractivity contribution is -0.0459. The first kappa shape index (κ1) is 43.4. The number of fused-ring (bicyclic) bond motifs is 3. The van der Waals surface area contributed by atoms with Crippen LogP contribution in [0.25, 0.3) is 33.5 Å². The molecule has 3 aliphatic heterocycles. The highest BCUT2D eigenvalue weighted by atomic mass is 35.5. The van der Waals surface area contributed by atoms with Gasteiger partial charge in [-0.05, 0) is 34.8 Å². The zero-order valence-corrected chi connectivity index (χ0v) is 32.3. The van der Waals surface area contributed by atoms with Gasteiger partial charge in [-0.15, -0.1) is 0 Å². The summed E-state index contributed by atoms with van der Waals surface area (Å²) in [5, 5.41) is 55.7. The van der Waals surface area contributed by atoms with E-state index in [-0.39, 0.29) is 66.8 Å². The Morgan fingerprint density at radius 3 is 0.967 bits per heavy atom. The molecule has 12 N–H and O–H groups in total. The molecule has 0 bridgehead atoms. The maximum absolute atomic E-state index is 14.1. The van der Waals surface area contributed by atoms with E-state index in [9.17, 15) is 28.5 Å². The Hall–Kier alpha value is -4.65. The van der Waals surface area contributed by atoms with Crippen LogP contribution in [0.2, 0.25) is 15.9 Å². The van der Waals surface area contributed by atoms with Crippen molar-refractivity contribution in [2.45, 2.75) is 73.8 Å². The summed E-state index contributed by atoms with van der Waals surface area (Å²) in [7, 11) is 0. The van der Waals surface area contributed by atoms with Gasteiger partial charge < -0.3 is 62.1 Å². The predicted octanol–water partition coefficient (Wildman–Crippen LogP) is -1.05. The highest BCUT2D eigenvalue weighted by molar-refractivity contribution is 6.29. The van der Waals surface area contributed by atoms with Crippen molar-refractivity contribution in [2.24, 2.45) is 0 Å². The molecule has 24 nitrogen and oxygen atoms in total. The zero-order chi connectivity index (χ0) is 43.3. The normalized spacial score (nSPS) is 30.2. The summed E-state index contributed by atoms with van der Waals surface area (Å²) >= 11 is 17.1. The van der Waals surface area contributed by atoms with Crippen molar-refractivity contribution in [3.8, 4) is 0 Å². The van der Waals surface area contributed by atoms with Crippen LogP contribution >= 0.6 is 34.8 Å². The number of nitrogens with two attached hydrogens (primary N) is 3. The van der Waals surface area contributed by atoms with Crippen molar-refractivity contribution in [2.75, 3.05) is 37.0 Å². The van der Waals surface area contributed by atoms with E-state index in [0.717, 1.165) is 0 Å². The quantitative estimate of drug-likeness (QED) is 0.0900. The van der Waals surface area contributed by atoms with Crippen LogP contribution in [0, 0.1) is 0 Å². The van der Waals surface area contributed by atoms with Crippen LogP contribution in [0.1, 0.15) is 18.7 Å². The van der Waals surface area contributed by atoms with Crippen LogP contribution in [-0.2, 0) is 14.2 Å². The van der Waals surface area contributed by atoms with Gasteiger partial charge in [0.25, 0.3) is 0 Å². The largest absolute Gasteiger partial charge is 0.394 e. The fourth-order valence-corrected chi connectivity index (χ4v) is 7.04. The summed E-state index contributed by atoms with van der Waals surface area (Å²) in [6.07, 6.45) is -12.2. The highest BCUT2D eigenvalue weighted by Gasteiger charge is 2.47. The number of aromatic nitrogens is 12. The Morgan fingerprint density at radius 1 is 0.500 bits per heavy atom. The molecule has 60 heavy (non-hydrogen) atoms. The summed E-state index contributed by atoms with van der Waals surface area (Å²) in [5.74, 6) is 0.184. The molecule has 3 fully saturated rings. The third-order valence-electron chi connectivity index (χ3n) is 9.51. The van der Waals surface area contributed by atoms with E-state index in [0.29, 0.717) is 0 Å². The summed E-state index contributed by atoms with van der Waals surface area (Å²) in [4.78, 5) is 35.0. The number of ether oxygens (including phenoxy) is 3. The molecule has 0 aliphatic carbocycles. The maximum Gasteiger partial charge on any atom is 0.226 e. The molecule has 3 saturated heterocycles. The molecule has 0 amide bonds. The molecule has 0 saturated carbocycles. The third-order valence-corrected chi connectivity index (χ3v) is 10.0. The first-order valence-electron chi connectivity index (χ1n) is 17.3. The number of aliphatic hydroxyl groups is 6. The maximum atomic E-state index is 14.1. The van der Waals surface area contributed by atoms with E-state index >= 15 is 0 Å². The second-order valence-corrected chi connectivity index (χ2v) is 14.2. The molecule has 0 radical (unpaired) electrons. The minimum absolute atomic E-state index is 0.0615. The molecular weight excluding hydrogens is 878 g/mol. The number of halogens is 6. The molecule has 324 valence electrons. The lowest BCUT2D eigenvalue weighted by atomic mass is 10.1. The molecule has 12 atom stereocenters. The van der Waals surface area contributed by atoms with Gasteiger partial charge in [-0.2, -0.15) is 29.9 Å². The monoisotopic (exact) mass is 909 g/mol. The van der Waals surface area contributed by atoms with Crippen molar-refractivity contribution in [3.05, 3.63) is 34.8 Å². The molecule has 0 aromatic carbocycles. The summed E-state index contributed by atoms with van der Waals surface area (Å²) in [6.45, 7) is -1.49. The van der Waals surface area contributed by atoms with E-state index in [1.165, 1.54) is 32.7 Å². The molecule has 3 aliphatic rings. The van der Waals surface area contributed by atoms with Crippen molar-refractivity contribution in [1.82, 2.24) is 58.6 Å². The van der Waals surface area contributed by atoms with Crippen LogP contribution in [0.4, 0.5) is 30.6 Å². The number of hydrogen-bond donors (Lipinski definition) is 9. The van der Waals surface area contributed by atoms with Crippen LogP contribution in [0.3, 0.4) is 0 Å². The smallest absolute Gasteiger partial charge is 0.226 e. The Morgan fingerprint density at radius 2 is 0.750 bits per heavy atom. The van der Waals surface area contributed by atoms with Crippen molar-refractivity contribution in [3.63, 3.8) is 0 Å². The number of imidazole rings is 3. The third kappa shape index (κ3) is 7.86. The molecule has 30 heteroatoms. The predicted molar refractivity (Wildman–Crippen MR) is 200 cm³/mol. The minimum atomic E-state index is -1.74. The van der Waals surface area contributed by atoms with Crippen LogP contribution in [0.5, 0.6) is 0 Å². The number of anilines is 3. The number of hydrogen-bond acceptors (Lipinski definition) is 21. The Kier molecular flexibility index (Phi) is 12.6. The Labute approximate surface area is 347 Å². The van der Waals surface area contributed by atoms with Gasteiger partial charge in [-0.3, -0.25) is 13.7 Å². The molecule has 9 rings (SSSR count). The number of rotatable bonds is 6. The number of aliphatic hydroxyl groups excluding tert-OH is 6. The van der Waals surface area contributed by atoms with Crippen LogP contribution in [-0.4, -0.2) is 164 Å². The van der Waals surface area contributed by atoms with Crippen LogP contribution < -0.4 is 17.2 Å². The van der Waals surface area contributed by atoms with Gasteiger partial charge in [0.15, 0.2) is 71.6 Å². The van der Waals surface area contributed by atoms with Gasteiger partial charge >= 0.3 is 0 Å². The van der Waals surface area contributed by atoms with Crippen molar-refractivity contribution in [1.29, 1.82) is 0 Å². The molecule has 0 spiro atoms. The molecule has 6 aromatic rings. The Balaban J connectivity index is 0.000000136. The van der Waals surface area contributed by atoms with E-state index in [1.54, 1.807) is 0 Å². The van der Waals surface area contributed by atoms with Gasteiger partial charge in [0.05, 0.1) is 38.8 Å². The standard InChI is InChI=1S/3C10H11ClFN5O3/c3*11-10-15-7(13)5-8(16-10)17(2-14-5)9-4(12)6(19)3(1-18)20-9/h3*2-4,6,9,18-19H,1H2,(H2,13,15,16)/t3*3-,4+,6-,9-/m111/s1. The van der Waals surface area contributed by atoms with Gasteiger partial charge in [0.2, 0.25) is 15.9 Å². The van der Waals surface area contributed by atoms with Gasteiger partial charge in [0.1, 0.15) is 53.2 Å². The second kappa shape index (κ2) is 17.4. The van der Waals surface area contributed by atoms with Gasteiger partial charge in [-0.1, -0.05) is 0 Å². The zero-order valence-electron chi connectivity index (χ0n) is 30.1. The lowest BCUT2D eigenvalue weighted by Crippen LogP contribution is -2.30. The van der Waals surface area contributed by atoms with Gasteiger partial charge in [0, 0.05) is 0 Å². The number of nitrogen functional groups attached to an aromatic ring is 3. The summed E-state index contributed by atoms with van der Waals surface area (Å²) < 4.78 is 61.8. The highest BCUT2D eigenvalue weighted by Crippen LogP contribution is 2.37. The average Bonchev–Trinajstić information content (AvgIpc) is 4.07. The summed E-state index contributed by atoms with van der Waals surface area (Å²) in [5.41, 5.74) is 18.3. The fourth-order valence-electron chi connectivity index (χ4n) is 6.53. The minimum Gasteiger partial charge on any atom is -0.394 e. The fraction of sp³-hybridized carbons (Fsp3) is 0.500. The number of alkyl halides is 3. The topological polar surface area (TPSA) is 358 Å². The van der Waals surface area contributed by atoms with Crippen LogP contribution in [0.15, 0.2) is 19.0 Å². The number of nitrogens with zero attached hydrogens (tertiary/aromatic N) is 12. The van der Waals surface area contributed by atoms with E-state index < -0.39 is 93.6 Å². The van der Waals surface area contributed by atoms with E-state index in [2.05, 4.69) is 44.9 Å². The lowest BCUT2D eigenvalue weighted by Gasteiger charge is -2.15. The second-order valence-electron chi connectivity index (χ2n) is 13.2. The molecule has 6 aromatic heterocycles. The van der Waals surface area contributed by atoms with E-state index in [1.807, 2.05) is 0 Å².